The number of anilines is 1. The summed E-state index contributed by atoms with van der Waals surface area (Å²) in [5.74, 6) is -0.984. The largest absolute Gasteiger partial charge is 0.443 e. The lowest BCUT2D eigenvalue weighted by Crippen LogP contribution is -2.46. The van der Waals surface area contributed by atoms with E-state index in [1.807, 2.05) is 30.3 Å². The van der Waals surface area contributed by atoms with Gasteiger partial charge in [-0.1, -0.05) is 30.3 Å². The third kappa shape index (κ3) is 5.31. The average molecular weight is 438 g/mol. The predicted molar refractivity (Wildman–Crippen MR) is 116 cm³/mol. The highest BCUT2D eigenvalue weighted by Gasteiger charge is 2.32. The number of nitrogens with zero attached hydrogens (tertiary/aromatic N) is 3. The van der Waals surface area contributed by atoms with Gasteiger partial charge >= 0.3 is 6.09 Å². The molecule has 0 bridgehead atoms. The van der Waals surface area contributed by atoms with E-state index in [1.165, 1.54) is 19.1 Å². The van der Waals surface area contributed by atoms with Gasteiger partial charge in [0.15, 0.2) is 11.8 Å². The van der Waals surface area contributed by atoms with Gasteiger partial charge in [-0.05, 0) is 17.2 Å². The zero-order chi connectivity index (χ0) is 23.3. The van der Waals surface area contributed by atoms with Crippen LogP contribution >= 0.6 is 0 Å². The maximum Gasteiger partial charge on any atom is 0.437 e. The molecule has 0 radical (unpaired) electrons. The summed E-state index contributed by atoms with van der Waals surface area (Å²) in [6.07, 6.45) is -1.03. The van der Waals surface area contributed by atoms with E-state index in [0.29, 0.717) is 19.6 Å². The molecule has 1 aliphatic rings. The van der Waals surface area contributed by atoms with Crippen molar-refractivity contribution < 1.29 is 18.7 Å². The van der Waals surface area contributed by atoms with E-state index in [4.69, 9.17) is 16.2 Å². The third-order valence-corrected chi connectivity index (χ3v) is 5.08. The van der Waals surface area contributed by atoms with Crippen molar-refractivity contribution in [2.24, 2.45) is 16.5 Å². The van der Waals surface area contributed by atoms with Gasteiger partial charge in [-0.3, -0.25) is 4.79 Å². The number of guanidine groups is 1. The van der Waals surface area contributed by atoms with Crippen LogP contribution in [-0.2, 0) is 22.7 Å². The predicted octanol–water partition coefficient (Wildman–Crippen LogP) is 1.85. The summed E-state index contributed by atoms with van der Waals surface area (Å²) in [6.45, 7) is 2.63. The van der Waals surface area contributed by atoms with Gasteiger partial charge in [0.2, 0.25) is 5.91 Å². The second-order valence-corrected chi connectivity index (χ2v) is 7.39. The number of amides is 2. The molecule has 2 aromatic carbocycles. The van der Waals surface area contributed by atoms with E-state index >= 15 is 4.39 Å². The lowest BCUT2D eigenvalue weighted by atomic mass is 9.89. The molecule has 3 rings (SSSR count). The Labute approximate surface area is 184 Å². The van der Waals surface area contributed by atoms with E-state index in [1.54, 1.807) is 4.90 Å². The number of nitrogens with one attached hydrogen (secondary N) is 1. The number of carbonyl (C=O) groups is 2. The molecule has 10 heteroatoms. The molecule has 5 N–H and O–H groups in total. The maximum absolute atomic E-state index is 15.1. The molecule has 0 saturated carbocycles. The van der Waals surface area contributed by atoms with Gasteiger partial charge in [0.05, 0.1) is 11.3 Å². The Kier molecular flexibility index (Phi) is 6.90. The van der Waals surface area contributed by atoms with Crippen LogP contribution in [0.1, 0.15) is 35.1 Å². The summed E-state index contributed by atoms with van der Waals surface area (Å²) in [5, 5.41) is 12.2. The van der Waals surface area contributed by atoms with Gasteiger partial charge in [0, 0.05) is 38.0 Å². The standard InChI is InChI=1S/C22H23FN6O3/c1-13(30)27-9-14-2-4-15(5-3-14)18-10-29(11-18)20-16(8-24)6-7-17(19(20)23)12-32-22(31)28-21(25)26/h2-7,18H,9-12H2,1H3,(H,27,30)(H4,25,26,28,31). The van der Waals surface area contributed by atoms with Gasteiger partial charge in [0.25, 0.3) is 0 Å². The first-order valence-corrected chi connectivity index (χ1v) is 9.84. The van der Waals surface area contributed by atoms with Crippen molar-refractivity contribution in [3.8, 4) is 6.07 Å². The first-order chi connectivity index (χ1) is 15.3. The highest BCUT2D eigenvalue weighted by molar-refractivity contribution is 5.87. The highest BCUT2D eigenvalue weighted by Crippen LogP contribution is 2.36. The van der Waals surface area contributed by atoms with Crippen molar-refractivity contribution in [1.82, 2.24) is 5.32 Å². The third-order valence-electron chi connectivity index (χ3n) is 5.08. The van der Waals surface area contributed by atoms with Crippen molar-refractivity contribution in [1.29, 1.82) is 5.26 Å². The van der Waals surface area contributed by atoms with E-state index in [0.717, 1.165) is 11.1 Å². The monoisotopic (exact) mass is 438 g/mol. The molecule has 9 nitrogen and oxygen atoms in total. The molecule has 0 unspecified atom stereocenters. The highest BCUT2D eigenvalue weighted by atomic mass is 19.1. The molecular weight excluding hydrogens is 415 g/mol. The van der Waals surface area contributed by atoms with E-state index in [-0.39, 0.29) is 35.2 Å². The fraction of sp³-hybridized carbons (Fsp3) is 0.273. The lowest BCUT2D eigenvalue weighted by Gasteiger charge is -2.42. The minimum absolute atomic E-state index is 0.0905. The lowest BCUT2D eigenvalue weighted by molar-refractivity contribution is -0.119. The summed E-state index contributed by atoms with van der Waals surface area (Å²) < 4.78 is 20.0. The number of ether oxygens (including phenoxy) is 1. The first-order valence-electron chi connectivity index (χ1n) is 9.84. The quantitative estimate of drug-likeness (QED) is 0.460. The van der Waals surface area contributed by atoms with Crippen LogP contribution in [0.25, 0.3) is 0 Å². The summed E-state index contributed by atoms with van der Waals surface area (Å²) in [7, 11) is 0. The number of nitrogens with two attached hydrogens (primary N) is 2. The topological polar surface area (TPSA) is 147 Å². The van der Waals surface area contributed by atoms with Crippen molar-refractivity contribution in [3.05, 3.63) is 64.5 Å². The van der Waals surface area contributed by atoms with Crippen molar-refractivity contribution >= 4 is 23.6 Å². The fourth-order valence-electron chi connectivity index (χ4n) is 3.40. The summed E-state index contributed by atoms with van der Waals surface area (Å²) in [5.41, 5.74) is 12.8. The SMILES string of the molecule is CC(=O)NCc1ccc(C2CN(c3c(C#N)ccc(COC(=O)N=C(N)N)c3F)C2)cc1. The van der Waals surface area contributed by atoms with Crippen LogP contribution in [0.4, 0.5) is 14.9 Å². The fourth-order valence-corrected chi connectivity index (χ4v) is 3.40. The Morgan fingerprint density at radius 3 is 2.53 bits per heavy atom. The van der Waals surface area contributed by atoms with Crippen LogP contribution in [0.2, 0.25) is 0 Å². The second-order valence-electron chi connectivity index (χ2n) is 7.39. The molecule has 2 aromatic rings. The first kappa shape index (κ1) is 22.6. The Bertz CT molecular complexity index is 1080. The molecule has 1 heterocycles. The summed E-state index contributed by atoms with van der Waals surface area (Å²) >= 11 is 0. The van der Waals surface area contributed by atoms with Gasteiger partial charge in [-0.15, -0.1) is 4.99 Å². The molecule has 32 heavy (non-hydrogen) atoms. The van der Waals surface area contributed by atoms with Crippen LogP contribution < -0.4 is 21.7 Å². The normalized spacial score (nSPS) is 13.0. The molecule has 166 valence electrons. The molecule has 0 aromatic heterocycles. The van der Waals surface area contributed by atoms with E-state index in [2.05, 4.69) is 10.3 Å². The van der Waals surface area contributed by atoms with Crippen molar-refractivity contribution in [3.63, 3.8) is 0 Å². The second kappa shape index (κ2) is 9.78. The number of aliphatic imine (C=N–C) groups is 1. The van der Waals surface area contributed by atoms with E-state index in [9.17, 15) is 14.9 Å². The van der Waals surface area contributed by atoms with Crippen LogP contribution in [0.3, 0.4) is 0 Å². The van der Waals surface area contributed by atoms with Crippen molar-refractivity contribution in [2.75, 3.05) is 18.0 Å². The maximum atomic E-state index is 15.1. The Hall–Kier alpha value is -4.13. The van der Waals surface area contributed by atoms with Crippen LogP contribution in [-0.4, -0.2) is 31.0 Å². The minimum atomic E-state index is -1.03. The molecular formula is C22H23FN6O3. The molecule has 0 spiro atoms. The van der Waals surface area contributed by atoms with Gasteiger partial charge in [0.1, 0.15) is 12.7 Å². The zero-order valence-electron chi connectivity index (χ0n) is 17.5. The zero-order valence-corrected chi connectivity index (χ0v) is 17.5. The Morgan fingerprint density at radius 1 is 1.25 bits per heavy atom. The van der Waals surface area contributed by atoms with E-state index < -0.39 is 17.9 Å². The molecule has 2 amide bonds. The molecule has 0 atom stereocenters. The number of hydrogen-bond acceptors (Lipinski definition) is 5. The number of carbonyl (C=O) groups excluding carboxylic acids is 2. The van der Waals surface area contributed by atoms with Gasteiger partial charge in [-0.2, -0.15) is 5.26 Å². The molecule has 1 aliphatic heterocycles. The van der Waals surface area contributed by atoms with Gasteiger partial charge in [-0.25, -0.2) is 9.18 Å². The Balaban J connectivity index is 1.68. The number of benzene rings is 2. The molecule has 1 saturated heterocycles. The number of hydrogen-bond donors (Lipinski definition) is 3. The minimum Gasteiger partial charge on any atom is -0.443 e. The summed E-state index contributed by atoms with van der Waals surface area (Å²) in [4.78, 5) is 27.5. The van der Waals surface area contributed by atoms with Crippen LogP contribution in [0.5, 0.6) is 0 Å². The number of halogens is 1. The van der Waals surface area contributed by atoms with Crippen LogP contribution in [0, 0.1) is 17.1 Å². The van der Waals surface area contributed by atoms with Gasteiger partial charge < -0.3 is 26.4 Å². The smallest absolute Gasteiger partial charge is 0.437 e. The summed E-state index contributed by atoms with van der Waals surface area (Å²) in [6, 6.07) is 12.8. The van der Waals surface area contributed by atoms with Crippen LogP contribution in [0.15, 0.2) is 41.4 Å². The molecule has 1 fully saturated rings. The molecule has 0 aliphatic carbocycles. The van der Waals surface area contributed by atoms with Crippen molar-refractivity contribution in [2.45, 2.75) is 26.0 Å². The number of rotatable bonds is 6. The average Bonchev–Trinajstić information content (AvgIpc) is 2.71. The number of nitriles is 1. The Morgan fingerprint density at radius 2 is 1.94 bits per heavy atom.